The van der Waals surface area contributed by atoms with Crippen LogP contribution in [-0.4, -0.2) is 16.3 Å². The second-order valence-electron chi connectivity index (χ2n) is 4.84. The van der Waals surface area contributed by atoms with E-state index < -0.39 is 0 Å². The Bertz CT molecular complexity index is 621. The van der Waals surface area contributed by atoms with E-state index in [0.717, 1.165) is 30.8 Å². The molecule has 0 saturated carbocycles. The molecule has 1 aliphatic heterocycles. The molecule has 0 spiro atoms. The van der Waals surface area contributed by atoms with E-state index in [1.807, 2.05) is 11.6 Å². The molecule has 0 aliphatic carbocycles. The first-order chi connectivity index (χ1) is 9.15. The van der Waals surface area contributed by atoms with Gasteiger partial charge in [0.2, 0.25) is 0 Å². The van der Waals surface area contributed by atoms with E-state index in [9.17, 15) is 4.39 Å². The molecule has 0 radical (unpaired) electrons. The highest BCUT2D eigenvalue weighted by Crippen LogP contribution is 2.21. The summed E-state index contributed by atoms with van der Waals surface area (Å²) >= 11 is 5.81. The molecule has 0 atom stereocenters. The maximum Gasteiger partial charge on any atom is 0.141 e. The Kier molecular flexibility index (Phi) is 3.29. The highest BCUT2D eigenvalue weighted by molar-refractivity contribution is 6.30. The first-order valence-electron chi connectivity index (χ1n) is 6.35. The van der Waals surface area contributed by atoms with Crippen molar-refractivity contribution in [3.05, 3.63) is 51.6 Å². The van der Waals surface area contributed by atoms with E-state index in [2.05, 4.69) is 10.4 Å². The second-order valence-corrected chi connectivity index (χ2v) is 5.25. The monoisotopic (exact) mass is 279 g/mol. The number of aryl methyl sites for hydroxylation is 1. The lowest BCUT2D eigenvalue weighted by atomic mass is 10.1. The topological polar surface area (TPSA) is 29.9 Å². The number of hydrogen-bond donors (Lipinski definition) is 1. The third-order valence-corrected chi connectivity index (χ3v) is 3.81. The minimum Gasteiger partial charge on any atom is -0.312 e. The van der Waals surface area contributed by atoms with E-state index >= 15 is 0 Å². The lowest BCUT2D eigenvalue weighted by Gasteiger charge is -2.15. The van der Waals surface area contributed by atoms with E-state index in [1.54, 1.807) is 12.1 Å². The highest BCUT2D eigenvalue weighted by Gasteiger charge is 2.18. The first-order valence-corrected chi connectivity index (χ1v) is 6.73. The fourth-order valence-corrected chi connectivity index (χ4v) is 2.74. The van der Waals surface area contributed by atoms with Crippen LogP contribution in [0.2, 0.25) is 5.02 Å². The molecule has 5 heteroatoms. The van der Waals surface area contributed by atoms with Crippen LogP contribution in [0.15, 0.2) is 18.2 Å². The summed E-state index contributed by atoms with van der Waals surface area (Å²) in [6.45, 7) is 4.52. The van der Waals surface area contributed by atoms with E-state index in [1.165, 1.54) is 17.3 Å². The molecule has 0 amide bonds. The van der Waals surface area contributed by atoms with Gasteiger partial charge in [-0.3, -0.25) is 4.68 Å². The van der Waals surface area contributed by atoms with Gasteiger partial charge in [-0.15, -0.1) is 0 Å². The van der Waals surface area contributed by atoms with Crippen molar-refractivity contribution in [2.75, 3.05) is 6.54 Å². The smallest absolute Gasteiger partial charge is 0.141 e. The molecule has 1 aliphatic rings. The summed E-state index contributed by atoms with van der Waals surface area (Å²) in [6, 6.07) is 4.83. The molecule has 0 bridgehead atoms. The van der Waals surface area contributed by atoms with E-state index in [-0.39, 0.29) is 10.8 Å². The number of nitrogens with one attached hydrogen (secondary N) is 1. The van der Waals surface area contributed by atoms with Gasteiger partial charge in [-0.1, -0.05) is 17.7 Å². The van der Waals surface area contributed by atoms with Gasteiger partial charge < -0.3 is 5.32 Å². The van der Waals surface area contributed by atoms with Gasteiger partial charge in [0.1, 0.15) is 5.82 Å². The minimum atomic E-state index is -0.381. The van der Waals surface area contributed by atoms with Gasteiger partial charge in [-0.05, 0) is 24.6 Å². The van der Waals surface area contributed by atoms with Crippen molar-refractivity contribution >= 4 is 11.6 Å². The minimum absolute atomic E-state index is 0.164. The Morgan fingerprint density at radius 3 is 3.11 bits per heavy atom. The number of rotatable bonds is 2. The van der Waals surface area contributed by atoms with Gasteiger partial charge in [0.25, 0.3) is 0 Å². The van der Waals surface area contributed by atoms with Crippen LogP contribution in [0.25, 0.3) is 0 Å². The first kappa shape index (κ1) is 12.6. The maximum absolute atomic E-state index is 13.2. The Morgan fingerprint density at radius 1 is 1.47 bits per heavy atom. The van der Waals surface area contributed by atoms with Crippen LogP contribution in [-0.2, 0) is 19.5 Å². The molecular weight excluding hydrogens is 265 g/mol. The molecule has 100 valence electrons. The number of benzene rings is 1. The fraction of sp³-hybridized carbons (Fsp3) is 0.357. The second kappa shape index (κ2) is 4.94. The zero-order valence-electron chi connectivity index (χ0n) is 10.7. The summed E-state index contributed by atoms with van der Waals surface area (Å²) in [5.41, 5.74) is 4.60. The molecule has 3 nitrogen and oxygen atoms in total. The third kappa shape index (κ3) is 2.38. The average molecular weight is 280 g/mol. The van der Waals surface area contributed by atoms with Crippen molar-refractivity contribution in [3.63, 3.8) is 0 Å². The van der Waals surface area contributed by atoms with Crippen LogP contribution in [0.3, 0.4) is 0 Å². The fourth-order valence-electron chi connectivity index (χ4n) is 2.54. The molecule has 2 heterocycles. The molecule has 0 saturated heterocycles. The van der Waals surface area contributed by atoms with Crippen LogP contribution < -0.4 is 5.32 Å². The van der Waals surface area contributed by atoms with Crippen molar-refractivity contribution in [2.24, 2.45) is 0 Å². The SMILES string of the molecule is Cc1nn(Cc2ccc(F)c(Cl)c2)c2c1CNCC2. The van der Waals surface area contributed by atoms with Crippen molar-refractivity contribution in [3.8, 4) is 0 Å². The van der Waals surface area contributed by atoms with Gasteiger partial charge in [0.05, 0.1) is 17.3 Å². The Morgan fingerprint density at radius 2 is 2.32 bits per heavy atom. The van der Waals surface area contributed by atoms with Gasteiger partial charge in [-0.25, -0.2) is 4.39 Å². The maximum atomic E-state index is 13.2. The Hall–Kier alpha value is -1.39. The standard InChI is InChI=1S/C14H15ClFN3/c1-9-11-7-17-5-4-14(11)19(18-9)8-10-2-3-13(16)12(15)6-10/h2-3,6,17H,4-5,7-8H2,1H3. The summed E-state index contributed by atoms with van der Waals surface area (Å²) in [7, 11) is 0. The van der Waals surface area contributed by atoms with Gasteiger partial charge in [-0.2, -0.15) is 5.10 Å². The van der Waals surface area contributed by atoms with Crippen LogP contribution in [0.4, 0.5) is 4.39 Å². The van der Waals surface area contributed by atoms with Gasteiger partial charge in [0, 0.05) is 30.8 Å². The largest absolute Gasteiger partial charge is 0.312 e. The average Bonchev–Trinajstić information content (AvgIpc) is 2.72. The lowest BCUT2D eigenvalue weighted by molar-refractivity contribution is 0.581. The van der Waals surface area contributed by atoms with Crippen molar-refractivity contribution in [2.45, 2.75) is 26.4 Å². The summed E-state index contributed by atoms with van der Waals surface area (Å²) in [4.78, 5) is 0. The molecule has 1 aromatic carbocycles. The molecule has 0 fully saturated rings. The van der Waals surface area contributed by atoms with Gasteiger partial charge in [0.15, 0.2) is 0 Å². The molecule has 1 N–H and O–H groups in total. The number of hydrogen-bond acceptors (Lipinski definition) is 2. The molecule has 1 aromatic heterocycles. The summed E-state index contributed by atoms with van der Waals surface area (Å²) in [6.07, 6.45) is 0.977. The number of fused-ring (bicyclic) bond motifs is 1. The van der Waals surface area contributed by atoms with E-state index in [0.29, 0.717) is 6.54 Å². The number of halogens is 2. The molecule has 3 rings (SSSR count). The summed E-state index contributed by atoms with van der Waals surface area (Å²) in [5, 5.41) is 8.09. The Balaban J connectivity index is 1.93. The van der Waals surface area contributed by atoms with Crippen LogP contribution in [0.1, 0.15) is 22.5 Å². The van der Waals surface area contributed by atoms with Crippen LogP contribution in [0, 0.1) is 12.7 Å². The molecular formula is C14H15ClFN3. The third-order valence-electron chi connectivity index (χ3n) is 3.52. The van der Waals surface area contributed by atoms with Crippen LogP contribution in [0.5, 0.6) is 0 Å². The Labute approximate surface area is 116 Å². The van der Waals surface area contributed by atoms with Crippen molar-refractivity contribution in [1.82, 2.24) is 15.1 Å². The van der Waals surface area contributed by atoms with E-state index in [4.69, 9.17) is 11.6 Å². The molecule has 19 heavy (non-hydrogen) atoms. The predicted octanol–water partition coefficient (Wildman–Crippen LogP) is 2.68. The highest BCUT2D eigenvalue weighted by atomic mass is 35.5. The normalized spacial score (nSPS) is 14.5. The van der Waals surface area contributed by atoms with Gasteiger partial charge >= 0.3 is 0 Å². The molecule has 2 aromatic rings. The van der Waals surface area contributed by atoms with Crippen molar-refractivity contribution < 1.29 is 4.39 Å². The zero-order chi connectivity index (χ0) is 13.4. The summed E-state index contributed by atoms with van der Waals surface area (Å²) < 4.78 is 15.2. The number of nitrogens with zero attached hydrogens (tertiary/aromatic N) is 2. The van der Waals surface area contributed by atoms with Crippen molar-refractivity contribution in [1.29, 1.82) is 0 Å². The summed E-state index contributed by atoms with van der Waals surface area (Å²) in [5.74, 6) is -0.381. The zero-order valence-corrected chi connectivity index (χ0v) is 11.5. The molecule has 0 unspecified atom stereocenters. The lowest BCUT2D eigenvalue weighted by Crippen LogP contribution is -2.25. The number of aromatic nitrogens is 2. The van der Waals surface area contributed by atoms with Crippen LogP contribution >= 0.6 is 11.6 Å². The predicted molar refractivity (Wildman–Crippen MR) is 72.9 cm³/mol. The quantitative estimate of drug-likeness (QED) is 0.916.